The number of benzene rings is 1. The van der Waals surface area contributed by atoms with E-state index in [-0.39, 0.29) is 24.4 Å². The van der Waals surface area contributed by atoms with Crippen LogP contribution in [0.3, 0.4) is 0 Å². The van der Waals surface area contributed by atoms with Crippen LogP contribution in [0, 0.1) is 0 Å². The average Bonchev–Trinajstić information content (AvgIpc) is 3.26. The number of fused-ring (bicyclic) bond motifs is 1. The first-order valence-corrected chi connectivity index (χ1v) is 11.0. The first-order chi connectivity index (χ1) is 15.2. The van der Waals surface area contributed by atoms with Gasteiger partial charge in [-0.05, 0) is 24.3 Å². The van der Waals surface area contributed by atoms with Crippen molar-refractivity contribution in [3.63, 3.8) is 0 Å². The number of pyridine rings is 1. The minimum atomic E-state index is -0.201. The Kier molecular flexibility index (Phi) is 7.23. The maximum Gasteiger partial charge on any atom is 0.254 e. The summed E-state index contributed by atoms with van der Waals surface area (Å²) in [4.78, 5) is 31.5. The highest BCUT2D eigenvalue weighted by Gasteiger charge is 2.17. The van der Waals surface area contributed by atoms with Crippen molar-refractivity contribution in [2.24, 2.45) is 0 Å². The maximum atomic E-state index is 12.6. The average molecular weight is 445 g/mol. The lowest BCUT2D eigenvalue weighted by atomic mass is 10.2. The molecule has 1 fully saturated rings. The van der Waals surface area contributed by atoms with Gasteiger partial charge in [0.05, 0.1) is 24.5 Å². The van der Waals surface area contributed by atoms with Crippen LogP contribution in [-0.4, -0.2) is 73.6 Å². The molecular formula is C21H24N4O5S. The van der Waals surface area contributed by atoms with Crippen molar-refractivity contribution >= 4 is 29.3 Å². The molecule has 3 heterocycles. The van der Waals surface area contributed by atoms with Gasteiger partial charge in [0.25, 0.3) is 5.91 Å². The number of ether oxygens (including phenoxy) is 3. The Morgan fingerprint density at radius 1 is 1.13 bits per heavy atom. The van der Waals surface area contributed by atoms with E-state index < -0.39 is 0 Å². The van der Waals surface area contributed by atoms with Gasteiger partial charge in [-0.1, -0.05) is 11.8 Å². The molecule has 2 amide bonds. The number of thioether (sulfide) groups is 1. The lowest BCUT2D eigenvalue weighted by Crippen LogP contribution is -2.41. The number of carbonyl (C=O) groups excluding carboxylic acids is 2. The summed E-state index contributed by atoms with van der Waals surface area (Å²) in [5.74, 6) is 0.990. The second-order valence-electron chi connectivity index (χ2n) is 6.97. The molecule has 0 bridgehead atoms. The third-order valence-corrected chi connectivity index (χ3v) is 5.83. The number of rotatable bonds is 8. The minimum Gasteiger partial charge on any atom is -0.454 e. The van der Waals surface area contributed by atoms with Crippen molar-refractivity contribution in [1.82, 2.24) is 15.2 Å². The van der Waals surface area contributed by atoms with Gasteiger partial charge in [0.1, 0.15) is 5.03 Å². The van der Waals surface area contributed by atoms with E-state index in [1.807, 2.05) is 0 Å². The summed E-state index contributed by atoms with van der Waals surface area (Å²) in [6.07, 6.45) is 1.61. The Morgan fingerprint density at radius 3 is 2.84 bits per heavy atom. The Hall–Kier alpha value is -2.82. The lowest BCUT2D eigenvalue weighted by molar-refractivity contribution is -0.113. The molecule has 164 valence electrons. The Bertz CT molecular complexity index is 936. The SMILES string of the molecule is O=C(CSc1ncccc1C(=O)NCCN1CCOCC1)Nc1ccc2c(c1)OCO2. The number of anilines is 1. The molecule has 9 nitrogen and oxygen atoms in total. The normalized spacial score (nSPS) is 15.5. The van der Waals surface area contributed by atoms with Crippen molar-refractivity contribution in [3.8, 4) is 11.5 Å². The summed E-state index contributed by atoms with van der Waals surface area (Å²) in [7, 11) is 0. The predicted octanol–water partition coefficient (Wildman–Crippen LogP) is 1.60. The summed E-state index contributed by atoms with van der Waals surface area (Å²) in [5.41, 5.74) is 1.09. The minimum absolute atomic E-state index is 0.125. The second kappa shape index (κ2) is 10.5. The van der Waals surface area contributed by atoms with Gasteiger partial charge in [-0.3, -0.25) is 14.5 Å². The number of nitrogens with zero attached hydrogens (tertiary/aromatic N) is 2. The van der Waals surface area contributed by atoms with E-state index >= 15 is 0 Å². The first-order valence-electron chi connectivity index (χ1n) is 10.0. The zero-order valence-electron chi connectivity index (χ0n) is 17.0. The fourth-order valence-corrected chi connectivity index (χ4v) is 4.02. The van der Waals surface area contributed by atoms with Crippen LogP contribution < -0.4 is 20.1 Å². The molecule has 0 saturated carbocycles. The van der Waals surface area contributed by atoms with Crippen LogP contribution in [0.5, 0.6) is 11.5 Å². The first kappa shape index (κ1) is 21.4. The van der Waals surface area contributed by atoms with Crippen LogP contribution in [-0.2, 0) is 9.53 Å². The van der Waals surface area contributed by atoms with Crippen LogP contribution in [0.1, 0.15) is 10.4 Å². The maximum absolute atomic E-state index is 12.6. The lowest BCUT2D eigenvalue weighted by Gasteiger charge is -2.26. The number of hydrogen-bond acceptors (Lipinski definition) is 8. The van der Waals surface area contributed by atoms with Crippen LogP contribution in [0.15, 0.2) is 41.6 Å². The molecule has 2 aliphatic rings. The monoisotopic (exact) mass is 444 g/mol. The highest BCUT2D eigenvalue weighted by molar-refractivity contribution is 8.00. The fraction of sp³-hybridized carbons (Fsp3) is 0.381. The summed E-state index contributed by atoms with van der Waals surface area (Å²) in [6, 6.07) is 8.66. The fourth-order valence-electron chi connectivity index (χ4n) is 3.23. The smallest absolute Gasteiger partial charge is 0.254 e. The Balaban J connectivity index is 1.27. The third-order valence-electron chi connectivity index (χ3n) is 4.83. The number of morpholine rings is 1. The van der Waals surface area contributed by atoms with Gasteiger partial charge in [0.2, 0.25) is 12.7 Å². The molecule has 2 N–H and O–H groups in total. The van der Waals surface area contributed by atoms with Crippen LogP contribution in [0.25, 0.3) is 0 Å². The number of hydrogen-bond donors (Lipinski definition) is 2. The van der Waals surface area contributed by atoms with Crippen LogP contribution >= 0.6 is 11.8 Å². The summed E-state index contributed by atoms with van der Waals surface area (Å²) in [5, 5.41) is 6.28. The molecule has 1 saturated heterocycles. The van der Waals surface area contributed by atoms with Gasteiger partial charge in [-0.25, -0.2) is 4.98 Å². The number of nitrogens with one attached hydrogen (secondary N) is 2. The third kappa shape index (κ3) is 5.87. The van der Waals surface area contributed by atoms with Crippen molar-refractivity contribution in [2.45, 2.75) is 5.03 Å². The number of amides is 2. The molecule has 31 heavy (non-hydrogen) atoms. The Labute approximate surface area is 184 Å². The largest absolute Gasteiger partial charge is 0.454 e. The number of carbonyl (C=O) groups is 2. The van der Waals surface area contributed by atoms with Gasteiger partial charge in [-0.15, -0.1) is 0 Å². The van der Waals surface area contributed by atoms with Gasteiger partial charge in [0.15, 0.2) is 11.5 Å². The molecular weight excluding hydrogens is 420 g/mol. The van der Waals surface area contributed by atoms with Crippen LogP contribution in [0.4, 0.5) is 5.69 Å². The van der Waals surface area contributed by atoms with Gasteiger partial charge in [0, 0.05) is 44.1 Å². The molecule has 10 heteroatoms. The van der Waals surface area contributed by atoms with Crippen molar-refractivity contribution in [3.05, 3.63) is 42.1 Å². The van der Waals surface area contributed by atoms with Crippen molar-refractivity contribution in [2.75, 3.05) is 57.3 Å². The van der Waals surface area contributed by atoms with Gasteiger partial charge < -0.3 is 24.8 Å². The molecule has 2 aliphatic heterocycles. The molecule has 0 spiro atoms. The molecule has 1 aromatic heterocycles. The zero-order chi connectivity index (χ0) is 21.5. The quantitative estimate of drug-likeness (QED) is 0.592. The van der Waals surface area contributed by atoms with E-state index in [0.29, 0.717) is 34.3 Å². The highest BCUT2D eigenvalue weighted by atomic mass is 32.2. The van der Waals surface area contributed by atoms with E-state index in [4.69, 9.17) is 14.2 Å². The van der Waals surface area contributed by atoms with Crippen LogP contribution in [0.2, 0.25) is 0 Å². The summed E-state index contributed by atoms with van der Waals surface area (Å²) in [6.45, 7) is 4.71. The predicted molar refractivity (Wildman–Crippen MR) is 116 cm³/mol. The second-order valence-corrected chi connectivity index (χ2v) is 7.93. The zero-order valence-corrected chi connectivity index (χ0v) is 17.8. The van der Waals surface area contributed by atoms with Crippen molar-refractivity contribution < 1.29 is 23.8 Å². The molecule has 1 aromatic carbocycles. The highest BCUT2D eigenvalue weighted by Crippen LogP contribution is 2.34. The summed E-state index contributed by atoms with van der Waals surface area (Å²) < 4.78 is 15.9. The molecule has 2 aromatic rings. The van der Waals surface area contributed by atoms with Gasteiger partial charge >= 0.3 is 0 Å². The molecule has 4 rings (SSSR count). The van der Waals surface area contributed by atoms with E-state index in [0.717, 1.165) is 32.8 Å². The Morgan fingerprint density at radius 2 is 1.97 bits per heavy atom. The van der Waals surface area contributed by atoms with Gasteiger partial charge in [-0.2, -0.15) is 0 Å². The van der Waals surface area contributed by atoms with Crippen molar-refractivity contribution in [1.29, 1.82) is 0 Å². The topological polar surface area (TPSA) is 102 Å². The van der Waals surface area contributed by atoms with E-state index in [2.05, 4.69) is 20.5 Å². The van der Waals surface area contributed by atoms with E-state index in [1.165, 1.54) is 11.8 Å². The van der Waals surface area contributed by atoms with E-state index in [1.54, 1.807) is 36.5 Å². The standard InChI is InChI=1S/C21H24N4O5S/c26-19(24-15-3-4-17-18(12-15)30-14-29-17)13-31-21-16(2-1-5-23-21)20(27)22-6-7-25-8-10-28-11-9-25/h1-5,12H,6-11,13-14H2,(H,22,27)(H,24,26). The van der Waals surface area contributed by atoms with E-state index in [9.17, 15) is 9.59 Å². The molecule has 0 aliphatic carbocycles. The molecule has 0 radical (unpaired) electrons. The number of aromatic nitrogens is 1. The molecule has 0 unspecified atom stereocenters. The molecule has 0 atom stereocenters. The summed E-state index contributed by atoms with van der Waals surface area (Å²) >= 11 is 1.22.